The molecule has 8 nitrogen and oxygen atoms in total. The van der Waals surface area contributed by atoms with Crippen molar-refractivity contribution >= 4 is 17.7 Å². The van der Waals surface area contributed by atoms with Gasteiger partial charge in [0.15, 0.2) is 11.0 Å². The monoisotopic (exact) mass is 425 g/mol. The fourth-order valence-electron chi connectivity index (χ4n) is 3.23. The number of thioether (sulfide) groups is 1. The third-order valence-corrected chi connectivity index (χ3v) is 5.71. The minimum Gasteiger partial charge on any atom is -0.497 e. The van der Waals surface area contributed by atoms with Gasteiger partial charge in [-0.15, -0.1) is 10.2 Å². The highest BCUT2D eigenvalue weighted by atomic mass is 32.2. The standard InChI is InChI=1S/C21H23N5O3S/c1-28-17-6-4-16(5-7-17)26-20(15-8-10-22-11-9-15)24-25-21(26)30-14-19(27)23-13-18-3-2-12-29-18/h4-11,18H,2-3,12-14H2,1H3,(H,23,27)/t18-/m0/s1. The van der Waals surface area contributed by atoms with E-state index in [1.54, 1.807) is 19.5 Å². The van der Waals surface area contributed by atoms with Gasteiger partial charge in [-0.2, -0.15) is 0 Å². The van der Waals surface area contributed by atoms with E-state index in [2.05, 4.69) is 20.5 Å². The third kappa shape index (κ3) is 4.80. The lowest BCUT2D eigenvalue weighted by Gasteiger charge is -2.12. The molecule has 0 saturated carbocycles. The normalized spacial score (nSPS) is 15.8. The molecule has 2 aromatic heterocycles. The van der Waals surface area contributed by atoms with Gasteiger partial charge in [-0.1, -0.05) is 11.8 Å². The number of nitrogens with zero attached hydrogens (tertiary/aromatic N) is 4. The molecule has 0 spiro atoms. The zero-order valence-corrected chi connectivity index (χ0v) is 17.5. The van der Waals surface area contributed by atoms with Crippen molar-refractivity contribution in [3.05, 3.63) is 48.8 Å². The third-order valence-electron chi connectivity index (χ3n) is 4.79. The van der Waals surface area contributed by atoms with Crippen LogP contribution >= 0.6 is 11.8 Å². The molecule has 0 unspecified atom stereocenters. The summed E-state index contributed by atoms with van der Waals surface area (Å²) >= 11 is 1.35. The van der Waals surface area contributed by atoms with Crippen LogP contribution < -0.4 is 10.1 Å². The lowest BCUT2D eigenvalue weighted by molar-refractivity contribution is -0.119. The Balaban J connectivity index is 1.53. The number of methoxy groups -OCH3 is 1. The van der Waals surface area contributed by atoms with Gasteiger partial charge in [0.25, 0.3) is 0 Å². The first-order valence-electron chi connectivity index (χ1n) is 9.76. The van der Waals surface area contributed by atoms with Crippen LogP contribution in [0.3, 0.4) is 0 Å². The van der Waals surface area contributed by atoms with Crippen molar-refractivity contribution in [3.8, 4) is 22.8 Å². The van der Waals surface area contributed by atoms with Crippen molar-refractivity contribution in [1.29, 1.82) is 0 Å². The molecular formula is C21H23N5O3S. The molecule has 0 aliphatic carbocycles. The van der Waals surface area contributed by atoms with Crippen LogP contribution in [0.5, 0.6) is 5.75 Å². The first-order valence-corrected chi connectivity index (χ1v) is 10.7. The number of hydrogen-bond donors (Lipinski definition) is 1. The van der Waals surface area contributed by atoms with Gasteiger partial charge in [0.1, 0.15) is 5.75 Å². The zero-order valence-electron chi connectivity index (χ0n) is 16.7. The molecule has 1 aliphatic rings. The number of nitrogens with one attached hydrogen (secondary N) is 1. The molecule has 30 heavy (non-hydrogen) atoms. The summed E-state index contributed by atoms with van der Waals surface area (Å²) in [6, 6.07) is 11.4. The minimum absolute atomic E-state index is 0.0507. The maximum Gasteiger partial charge on any atom is 0.230 e. The summed E-state index contributed by atoms with van der Waals surface area (Å²) in [7, 11) is 1.63. The SMILES string of the molecule is COc1ccc(-n2c(SCC(=O)NC[C@@H]3CCCO3)nnc2-c2ccncc2)cc1. The van der Waals surface area contributed by atoms with Crippen molar-refractivity contribution < 1.29 is 14.3 Å². The molecule has 1 atom stereocenters. The van der Waals surface area contributed by atoms with E-state index in [4.69, 9.17) is 9.47 Å². The molecule has 0 bridgehead atoms. The Morgan fingerprint density at radius 2 is 2.03 bits per heavy atom. The molecule has 0 radical (unpaired) electrons. The summed E-state index contributed by atoms with van der Waals surface area (Å²) in [5.74, 6) is 1.65. The molecular weight excluding hydrogens is 402 g/mol. The maximum absolute atomic E-state index is 12.3. The fraction of sp³-hybridized carbons (Fsp3) is 0.333. The van der Waals surface area contributed by atoms with Crippen molar-refractivity contribution in [2.45, 2.75) is 24.1 Å². The lowest BCUT2D eigenvalue weighted by Crippen LogP contribution is -2.32. The quantitative estimate of drug-likeness (QED) is 0.555. The second-order valence-electron chi connectivity index (χ2n) is 6.80. The molecule has 1 aliphatic heterocycles. The van der Waals surface area contributed by atoms with Crippen molar-refractivity contribution in [3.63, 3.8) is 0 Å². The number of pyridine rings is 1. The average Bonchev–Trinajstić information content (AvgIpc) is 3.47. The van der Waals surface area contributed by atoms with Crippen LogP contribution in [0, 0.1) is 0 Å². The number of aromatic nitrogens is 4. The van der Waals surface area contributed by atoms with Crippen molar-refractivity contribution in [2.75, 3.05) is 26.0 Å². The predicted molar refractivity (Wildman–Crippen MR) is 114 cm³/mol. The first-order chi connectivity index (χ1) is 14.7. The van der Waals surface area contributed by atoms with E-state index < -0.39 is 0 Å². The van der Waals surface area contributed by atoms with E-state index in [0.717, 1.165) is 36.4 Å². The van der Waals surface area contributed by atoms with Gasteiger partial charge in [0.2, 0.25) is 5.91 Å². The number of carbonyl (C=O) groups excluding carboxylic acids is 1. The molecule has 9 heteroatoms. The summed E-state index contributed by atoms with van der Waals surface area (Å²) in [5, 5.41) is 12.3. The van der Waals surface area contributed by atoms with Crippen LogP contribution in [0.1, 0.15) is 12.8 Å². The Labute approximate surface area is 179 Å². The number of carbonyl (C=O) groups is 1. The van der Waals surface area contributed by atoms with Gasteiger partial charge in [-0.25, -0.2) is 0 Å². The fourth-order valence-corrected chi connectivity index (χ4v) is 4.01. The highest BCUT2D eigenvalue weighted by Crippen LogP contribution is 2.28. The number of ether oxygens (including phenoxy) is 2. The Hall–Kier alpha value is -2.91. The molecule has 156 valence electrons. The van der Waals surface area contributed by atoms with Gasteiger partial charge in [0, 0.05) is 36.8 Å². The molecule has 3 heterocycles. The van der Waals surface area contributed by atoms with Crippen LogP contribution in [0.4, 0.5) is 0 Å². The van der Waals surface area contributed by atoms with E-state index >= 15 is 0 Å². The zero-order chi connectivity index (χ0) is 20.8. The van der Waals surface area contributed by atoms with E-state index in [1.807, 2.05) is 41.0 Å². The van der Waals surface area contributed by atoms with Crippen LogP contribution in [0.2, 0.25) is 0 Å². The second-order valence-corrected chi connectivity index (χ2v) is 7.75. The van der Waals surface area contributed by atoms with Gasteiger partial charge in [-0.05, 0) is 49.2 Å². The van der Waals surface area contributed by atoms with E-state index in [9.17, 15) is 4.79 Å². The smallest absolute Gasteiger partial charge is 0.230 e. The average molecular weight is 426 g/mol. The van der Waals surface area contributed by atoms with Gasteiger partial charge in [-0.3, -0.25) is 14.3 Å². The maximum atomic E-state index is 12.3. The first kappa shape index (κ1) is 20.4. The molecule has 1 aromatic carbocycles. The number of rotatable bonds is 8. The molecule has 1 saturated heterocycles. The Morgan fingerprint density at radius 1 is 1.23 bits per heavy atom. The van der Waals surface area contributed by atoms with Crippen LogP contribution in [-0.4, -0.2) is 57.8 Å². The Morgan fingerprint density at radius 3 is 2.73 bits per heavy atom. The highest BCUT2D eigenvalue weighted by Gasteiger charge is 2.19. The van der Waals surface area contributed by atoms with Gasteiger partial charge < -0.3 is 14.8 Å². The molecule has 3 aromatic rings. The van der Waals surface area contributed by atoms with E-state index in [-0.39, 0.29) is 17.8 Å². The van der Waals surface area contributed by atoms with E-state index in [0.29, 0.717) is 17.5 Å². The summed E-state index contributed by atoms with van der Waals surface area (Å²) in [5.41, 5.74) is 1.78. The summed E-state index contributed by atoms with van der Waals surface area (Å²) in [4.78, 5) is 16.4. The Kier molecular flexibility index (Phi) is 6.60. The second kappa shape index (κ2) is 9.73. The largest absolute Gasteiger partial charge is 0.497 e. The topological polar surface area (TPSA) is 91.2 Å². The van der Waals surface area contributed by atoms with Crippen molar-refractivity contribution in [2.24, 2.45) is 0 Å². The minimum atomic E-state index is -0.0507. The summed E-state index contributed by atoms with van der Waals surface area (Å²) in [6.07, 6.45) is 5.61. The van der Waals surface area contributed by atoms with Crippen LogP contribution in [-0.2, 0) is 9.53 Å². The van der Waals surface area contributed by atoms with Gasteiger partial charge in [0.05, 0.1) is 19.0 Å². The molecule has 1 fully saturated rings. The summed E-state index contributed by atoms with van der Waals surface area (Å²) < 4.78 is 12.8. The number of hydrogen-bond acceptors (Lipinski definition) is 7. The number of benzene rings is 1. The predicted octanol–water partition coefficient (Wildman–Crippen LogP) is 2.73. The highest BCUT2D eigenvalue weighted by molar-refractivity contribution is 7.99. The molecule has 4 rings (SSSR count). The van der Waals surface area contributed by atoms with E-state index in [1.165, 1.54) is 11.8 Å². The summed E-state index contributed by atoms with van der Waals surface area (Å²) in [6.45, 7) is 1.32. The number of amides is 1. The van der Waals surface area contributed by atoms with Crippen LogP contribution in [0.15, 0.2) is 53.9 Å². The lowest BCUT2D eigenvalue weighted by atomic mass is 10.2. The molecule has 1 N–H and O–H groups in total. The molecule has 1 amide bonds. The van der Waals surface area contributed by atoms with Crippen LogP contribution in [0.25, 0.3) is 17.1 Å². The Bertz CT molecular complexity index is 972. The van der Waals surface area contributed by atoms with Crippen molar-refractivity contribution in [1.82, 2.24) is 25.1 Å². The van der Waals surface area contributed by atoms with Gasteiger partial charge >= 0.3 is 0 Å².